The molecule has 0 spiro atoms. The van der Waals surface area contributed by atoms with Gasteiger partial charge in [0, 0.05) is 0 Å². The van der Waals surface area contributed by atoms with Gasteiger partial charge in [0.1, 0.15) is 11.5 Å². The summed E-state index contributed by atoms with van der Waals surface area (Å²) in [5, 5.41) is 0. The van der Waals surface area contributed by atoms with E-state index < -0.39 is 0 Å². The second kappa shape index (κ2) is 27.0. The zero-order valence-electron chi connectivity index (χ0n) is 31.2. The van der Waals surface area contributed by atoms with Crippen LogP contribution in [0.4, 0.5) is 0 Å². The molecule has 5 aromatic rings. The molecule has 0 heterocycles. The van der Waals surface area contributed by atoms with Crippen molar-refractivity contribution in [2.24, 2.45) is 0 Å². The molecule has 0 unspecified atom stereocenters. The number of esters is 2. The van der Waals surface area contributed by atoms with Crippen LogP contribution in [0.2, 0.25) is 0 Å². The fourth-order valence-corrected chi connectivity index (χ4v) is 3.56. The van der Waals surface area contributed by atoms with Gasteiger partial charge in [-0.15, -0.1) is 0 Å². The zero-order chi connectivity index (χ0) is 36.5. The van der Waals surface area contributed by atoms with E-state index in [0.717, 1.165) is 22.3 Å². The van der Waals surface area contributed by atoms with E-state index >= 15 is 0 Å². The number of hydrogen-bond donors (Lipinski definition) is 0. The smallest absolute Gasteiger partial charge is 0.343 e. The number of carbonyl (C=O) groups excluding carboxylic acids is 2. The van der Waals surface area contributed by atoms with E-state index in [0.29, 0.717) is 22.6 Å². The van der Waals surface area contributed by atoms with Crippen molar-refractivity contribution in [3.05, 3.63) is 166 Å². The highest BCUT2D eigenvalue weighted by molar-refractivity contribution is 5.91. The molecule has 264 valence electrons. The Kier molecular flexibility index (Phi) is 25.5. The van der Waals surface area contributed by atoms with Crippen molar-refractivity contribution in [2.75, 3.05) is 0 Å². The number of hydrogen-bond acceptors (Lipinski definition) is 4. The highest BCUT2D eigenvalue weighted by Gasteiger charge is 2.08. The second-order valence-corrected chi connectivity index (χ2v) is 10.3. The number of carbonyl (C=O) groups is 2. The second-order valence-electron chi connectivity index (χ2n) is 10.3. The summed E-state index contributed by atoms with van der Waals surface area (Å²) in [6, 6.07) is 38.0. The SMILES string of the molecule is C.CC.CC.CC.Cc1ccc(C)cc1.Cc1ccc(OC(=O)c2ccc(C)cc2)cc1.Cc1ccc(OC(=O)c2ccc(C)cc2)cc1. The van der Waals surface area contributed by atoms with Crippen LogP contribution in [-0.2, 0) is 0 Å². The van der Waals surface area contributed by atoms with Crippen LogP contribution in [0.25, 0.3) is 0 Å². The third kappa shape index (κ3) is 19.5. The average Bonchev–Trinajstić information content (AvgIpc) is 3.12. The topological polar surface area (TPSA) is 52.6 Å². The minimum atomic E-state index is -0.325. The molecular formula is C45H60O4. The highest BCUT2D eigenvalue weighted by atomic mass is 16.5. The Morgan fingerprint density at radius 3 is 0.694 bits per heavy atom. The first-order valence-electron chi connectivity index (χ1n) is 16.8. The quantitative estimate of drug-likeness (QED) is 0.142. The van der Waals surface area contributed by atoms with Gasteiger partial charge >= 0.3 is 11.9 Å². The zero-order valence-corrected chi connectivity index (χ0v) is 31.2. The molecule has 0 aromatic heterocycles. The van der Waals surface area contributed by atoms with E-state index in [1.807, 2.05) is 118 Å². The lowest BCUT2D eigenvalue weighted by molar-refractivity contribution is 0.0725. The van der Waals surface area contributed by atoms with E-state index in [2.05, 4.69) is 38.1 Å². The van der Waals surface area contributed by atoms with Crippen LogP contribution in [0.15, 0.2) is 121 Å². The van der Waals surface area contributed by atoms with Crippen molar-refractivity contribution in [3.8, 4) is 11.5 Å². The van der Waals surface area contributed by atoms with Crippen LogP contribution < -0.4 is 9.47 Å². The molecule has 0 radical (unpaired) electrons. The predicted octanol–water partition coefficient (Wildman–Crippen LogP) is 13.1. The lowest BCUT2D eigenvalue weighted by Gasteiger charge is -2.04. The van der Waals surface area contributed by atoms with E-state index in [4.69, 9.17) is 9.47 Å². The molecule has 49 heavy (non-hydrogen) atoms. The summed E-state index contributed by atoms with van der Waals surface area (Å²) in [5.41, 5.74) is 8.31. The lowest BCUT2D eigenvalue weighted by Crippen LogP contribution is -2.08. The average molecular weight is 665 g/mol. The van der Waals surface area contributed by atoms with Gasteiger partial charge in [-0.1, -0.05) is 155 Å². The van der Waals surface area contributed by atoms with Crippen molar-refractivity contribution in [1.29, 1.82) is 0 Å². The standard InChI is InChI=1S/2C15H14O2.C8H10.3C2H6.CH4/c2*1-11-3-7-13(8-4-11)15(16)17-14-9-5-12(2)6-10-14;1-7-3-5-8(2)6-4-7;3*1-2;/h2*3-10H,1-2H3;3-6H,1-2H3;3*1-2H3;1H4. The number of rotatable bonds is 4. The van der Waals surface area contributed by atoms with Gasteiger partial charge in [0.05, 0.1) is 11.1 Å². The maximum Gasteiger partial charge on any atom is 0.343 e. The van der Waals surface area contributed by atoms with Crippen LogP contribution in [-0.4, -0.2) is 11.9 Å². The van der Waals surface area contributed by atoms with E-state index in [1.54, 1.807) is 48.5 Å². The summed E-state index contributed by atoms with van der Waals surface area (Å²) in [4.78, 5) is 23.6. The molecule has 0 saturated carbocycles. The maximum atomic E-state index is 11.8. The number of ether oxygens (including phenoxy) is 2. The van der Waals surface area contributed by atoms with Crippen LogP contribution in [0, 0.1) is 41.5 Å². The first kappa shape index (κ1) is 46.2. The summed E-state index contributed by atoms with van der Waals surface area (Å²) >= 11 is 0. The van der Waals surface area contributed by atoms with Crippen molar-refractivity contribution in [3.63, 3.8) is 0 Å². The van der Waals surface area contributed by atoms with Crippen LogP contribution in [0.3, 0.4) is 0 Å². The maximum absolute atomic E-state index is 11.8. The molecule has 0 atom stereocenters. The Bertz CT molecular complexity index is 1430. The Balaban J connectivity index is 0. The summed E-state index contributed by atoms with van der Waals surface area (Å²) < 4.78 is 10.5. The van der Waals surface area contributed by atoms with E-state index in [-0.39, 0.29) is 19.4 Å². The molecule has 0 N–H and O–H groups in total. The molecule has 0 amide bonds. The fourth-order valence-electron chi connectivity index (χ4n) is 3.56. The molecule has 0 fully saturated rings. The normalized spacial score (nSPS) is 8.82. The molecule has 0 aliphatic carbocycles. The largest absolute Gasteiger partial charge is 0.423 e. The Morgan fingerprint density at radius 1 is 0.327 bits per heavy atom. The third-order valence-corrected chi connectivity index (χ3v) is 6.26. The summed E-state index contributed by atoms with van der Waals surface area (Å²) in [6.07, 6.45) is 0. The Morgan fingerprint density at radius 2 is 0.490 bits per heavy atom. The number of benzene rings is 5. The molecule has 5 aromatic carbocycles. The first-order chi connectivity index (χ1) is 23.1. The fraction of sp³-hybridized carbons (Fsp3) is 0.289. The molecule has 0 aliphatic heterocycles. The van der Waals surface area contributed by atoms with Crippen LogP contribution >= 0.6 is 0 Å². The van der Waals surface area contributed by atoms with Gasteiger partial charge in [-0.25, -0.2) is 9.59 Å². The number of aryl methyl sites for hydroxylation is 6. The minimum Gasteiger partial charge on any atom is -0.423 e. The Hall–Kier alpha value is -4.96. The van der Waals surface area contributed by atoms with Gasteiger partial charge in [0.2, 0.25) is 0 Å². The van der Waals surface area contributed by atoms with E-state index in [1.165, 1.54) is 11.1 Å². The van der Waals surface area contributed by atoms with Crippen molar-refractivity contribution < 1.29 is 19.1 Å². The van der Waals surface area contributed by atoms with Crippen LogP contribution in [0.5, 0.6) is 11.5 Å². The van der Waals surface area contributed by atoms with E-state index in [9.17, 15) is 9.59 Å². The highest BCUT2D eigenvalue weighted by Crippen LogP contribution is 2.15. The predicted molar refractivity (Wildman–Crippen MR) is 211 cm³/mol. The van der Waals surface area contributed by atoms with Crippen molar-refractivity contribution in [1.82, 2.24) is 0 Å². The molecule has 5 rings (SSSR count). The molecule has 0 saturated heterocycles. The van der Waals surface area contributed by atoms with Gasteiger partial charge in [-0.05, 0) is 90.1 Å². The molecular weight excluding hydrogens is 604 g/mol. The van der Waals surface area contributed by atoms with Gasteiger partial charge in [0.15, 0.2) is 0 Å². The molecule has 4 heteroatoms. The minimum absolute atomic E-state index is 0. The third-order valence-electron chi connectivity index (χ3n) is 6.26. The molecule has 4 nitrogen and oxygen atoms in total. The Labute approximate surface area is 298 Å². The monoisotopic (exact) mass is 664 g/mol. The summed E-state index contributed by atoms with van der Waals surface area (Å²) in [5.74, 6) is 0.491. The lowest BCUT2D eigenvalue weighted by atomic mass is 10.1. The summed E-state index contributed by atoms with van der Waals surface area (Å²) in [6.45, 7) is 24.1. The van der Waals surface area contributed by atoms with Crippen LogP contribution in [0.1, 0.15) is 103 Å². The van der Waals surface area contributed by atoms with Gasteiger partial charge in [-0.2, -0.15) is 0 Å². The van der Waals surface area contributed by atoms with Gasteiger partial charge in [0.25, 0.3) is 0 Å². The summed E-state index contributed by atoms with van der Waals surface area (Å²) in [7, 11) is 0. The van der Waals surface area contributed by atoms with Crippen molar-refractivity contribution in [2.45, 2.75) is 90.5 Å². The first-order valence-corrected chi connectivity index (χ1v) is 16.8. The van der Waals surface area contributed by atoms with Gasteiger partial charge < -0.3 is 9.47 Å². The van der Waals surface area contributed by atoms with Gasteiger partial charge in [-0.3, -0.25) is 0 Å². The van der Waals surface area contributed by atoms with Crippen molar-refractivity contribution >= 4 is 11.9 Å². The molecule has 0 aliphatic rings. The molecule has 0 bridgehead atoms.